The van der Waals surface area contributed by atoms with Gasteiger partial charge in [0.25, 0.3) is 0 Å². The molecule has 3 aliphatic rings. The van der Waals surface area contributed by atoms with Gasteiger partial charge in [0.1, 0.15) is 0 Å². The lowest BCUT2D eigenvalue weighted by Crippen LogP contribution is -2.22. The second-order valence-corrected chi connectivity index (χ2v) is 6.91. The van der Waals surface area contributed by atoms with E-state index in [1.807, 2.05) is 0 Å². The Kier molecular flexibility index (Phi) is 1.36. The Bertz CT molecular complexity index is 266. The molecule has 0 amide bonds. The molecule has 1 nitrogen and oxygen atoms in total. The third-order valence-corrected chi connectivity index (χ3v) is 6.08. The van der Waals surface area contributed by atoms with Gasteiger partial charge < -0.3 is 5.11 Å². The fraction of sp³-hybridized carbons (Fsp3) is 1.00. The number of hydrogen-bond acceptors (Lipinski definition) is 1. The summed E-state index contributed by atoms with van der Waals surface area (Å²) in [6.07, 6.45) is 3.92. The number of aliphatic hydroxyl groups is 1. The quantitative estimate of drug-likeness (QED) is 0.680. The van der Waals surface area contributed by atoms with Gasteiger partial charge in [-0.1, -0.05) is 34.1 Å². The predicted octanol–water partition coefficient (Wildman–Crippen LogP) is 2.83. The SMILES string of the molecule is CC1(C)C(C2(O)C3CCCC32)C1(C)C. The van der Waals surface area contributed by atoms with Crippen LogP contribution in [0.5, 0.6) is 0 Å². The van der Waals surface area contributed by atoms with Crippen LogP contribution in [0.4, 0.5) is 0 Å². The van der Waals surface area contributed by atoms with Crippen LogP contribution in [-0.4, -0.2) is 10.7 Å². The molecule has 0 spiro atoms. The molecule has 2 unspecified atom stereocenters. The standard InChI is InChI=1S/C13H22O/c1-11(2)10(12(11,3)4)13(14)8-6-5-7-9(8)13/h8-10,14H,5-7H2,1-4H3. The van der Waals surface area contributed by atoms with Crippen LogP contribution in [0.1, 0.15) is 47.0 Å². The molecule has 2 atom stereocenters. The van der Waals surface area contributed by atoms with Crippen molar-refractivity contribution >= 4 is 0 Å². The molecule has 0 bridgehead atoms. The van der Waals surface area contributed by atoms with Crippen molar-refractivity contribution in [3.05, 3.63) is 0 Å². The number of rotatable bonds is 1. The van der Waals surface area contributed by atoms with Crippen LogP contribution in [0.3, 0.4) is 0 Å². The van der Waals surface area contributed by atoms with Crippen molar-refractivity contribution in [3.63, 3.8) is 0 Å². The molecule has 3 aliphatic carbocycles. The minimum atomic E-state index is -0.259. The summed E-state index contributed by atoms with van der Waals surface area (Å²) >= 11 is 0. The lowest BCUT2D eigenvalue weighted by atomic mass is 9.97. The van der Waals surface area contributed by atoms with Crippen molar-refractivity contribution in [1.29, 1.82) is 0 Å². The van der Waals surface area contributed by atoms with Gasteiger partial charge in [-0.2, -0.15) is 0 Å². The lowest BCUT2D eigenvalue weighted by Gasteiger charge is -2.16. The van der Waals surface area contributed by atoms with E-state index in [-0.39, 0.29) is 5.60 Å². The van der Waals surface area contributed by atoms with Crippen LogP contribution < -0.4 is 0 Å². The van der Waals surface area contributed by atoms with Crippen LogP contribution in [-0.2, 0) is 0 Å². The molecule has 0 aromatic heterocycles. The van der Waals surface area contributed by atoms with Crippen LogP contribution in [0, 0.1) is 28.6 Å². The van der Waals surface area contributed by atoms with E-state index < -0.39 is 0 Å². The topological polar surface area (TPSA) is 20.2 Å². The van der Waals surface area contributed by atoms with Crippen LogP contribution in [0.25, 0.3) is 0 Å². The molecule has 14 heavy (non-hydrogen) atoms. The highest BCUT2D eigenvalue weighted by molar-refractivity contribution is 5.30. The Morgan fingerprint density at radius 1 is 0.929 bits per heavy atom. The molecule has 0 aromatic rings. The van der Waals surface area contributed by atoms with E-state index in [9.17, 15) is 5.11 Å². The molecule has 3 saturated carbocycles. The molecular formula is C13H22O. The van der Waals surface area contributed by atoms with Crippen molar-refractivity contribution in [2.45, 2.75) is 52.6 Å². The second-order valence-electron chi connectivity index (χ2n) is 6.91. The summed E-state index contributed by atoms with van der Waals surface area (Å²) in [4.78, 5) is 0. The minimum Gasteiger partial charge on any atom is -0.389 e. The highest BCUT2D eigenvalue weighted by Crippen LogP contribution is 2.81. The number of hydrogen-bond donors (Lipinski definition) is 1. The van der Waals surface area contributed by atoms with E-state index in [2.05, 4.69) is 27.7 Å². The Morgan fingerprint density at radius 3 is 1.71 bits per heavy atom. The Balaban J connectivity index is 1.87. The average Bonchev–Trinajstić information content (AvgIpc) is 2.64. The van der Waals surface area contributed by atoms with Gasteiger partial charge in [-0.25, -0.2) is 0 Å². The third-order valence-electron chi connectivity index (χ3n) is 6.08. The first-order valence-electron chi connectivity index (χ1n) is 6.07. The summed E-state index contributed by atoms with van der Waals surface area (Å²) in [6.45, 7) is 9.29. The molecule has 0 aromatic carbocycles. The Hall–Kier alpha value is -0.0400. The van der Waals surface area contributed by atoms with Crippen molar-refractivity contribution in [1.82, 2.24) is 0 Å². The third kappa shape index (κ3) is 0.711. The summed E-state index contributed by atoms with van der Waals surface area (Å²) in [5.74, 6) is 1.87. The molecule has 80 valence electrons. The molecule has 0 heterocycles. The van der Waals surface area contributed by atoms with Gasteiger partial charge in [0, 0.05) is 0 Å². The predicted molar refractivity (Wildman–Crippen MR) is 56.8 cm³/mol. The summed E-state index contributed by atoms with van der Waals surface area (Å²) in [5, 5.41) is 10.7. The average molecular weight is 194 g/mol. The first kappa shape index (κ1) is 9.21. The molecular weight excluding hydrogens is 172 g/mol. The van der Waals surface area contributed by atoms with Gasteiger partial charge in [0.15, 0.2) is 0 Å². The summed E-state index contributed by atoms with van der Waals surface area (Å²) in [6, 6.07) is 0. The normalized spacial score (nSPS) is 52.9. The zero-order chi connectivity index (χ0) is 10.4. The van der Waals surface area contributed by atoms with Crippen molar-refractivity contribution < 1.29 is 5.11 Å². The van der Waals surface area contributed by atoms with E-state index in [0.717, 1.165) is 0 Å². The molecule has 0 aliphatic heterocycles. The van der Waals surface area contributed by atoms with Crippen LogP contribution in [0.15, 0.2) is 0 Å². The molecule has 0 saturated heterocycles. The highest BCUT2D eigenvalue weighted by atomic mass is 16.3. The van der Waals surface area contributed by atoms with Gasteiger partial charge in [0.2, 0.25) is 0 Å². The molecule has 3 fully saturated rings. The molecule has 3 rings (SSSR count). The van der Waals surface area contributed by atoms with Gasteiger partial charge in [0.05, 0.1) is 5.60 Å². The Labute approximate surface area is 86.9 Å². The maximum Gasteiger partial charge on any atom is 0.0749 e. The van der Waals surface area contributed by atoms with E-state index in [4.69, 9.17) is 0 Å². The van der Waals surface area contributed by atoms with E-state index >= 15 is 0 Å². The summed E-state index contributed by atoms with van der Waals surface area (Å²) < 4.78 is 0. The zero-order valence-corrected chi connectivity index (χ0v) is 9.80. The van der Waals surface area contributed by atoms with Crippen LogP contribution in [0.2, 0.25) is 0 Å². The summed E-state index contributed by atoms with van der Waals surface area (Å²) in [5.41, 5.74) is 0.448. The van der Waals surface area contributed by atoms with Crippen LogP contribution >= 0.6 is 0 Å². The van der Waals surface area contributed by atoms with Crippen molar-refractivity contribution in [3.8, 4) is 0 Å². The lowest BCUT2D eigenvalue weighted by molar-refractivity contribution is 0.0632. The highest BCUT2D eigenvalue weighted by Gasteiger charge is 2.82. The maximum absolute atomic E-state index is 10.7. The van der Waals surface area contributed by atoms with Crippen molar-refractivity contribution in [2.24, 2.45) is 28.6 Å². The van der Waals surface area contributed by atoms with Crippen molar-refractivity contribution in [2.75, 3.05) is 0 Å². The smallest absolute Gasteiger partial charge is 0.0749 e. The zero-order valence-electron chi connectivity index (χ0n) is 9.80. The minimum absolute atomic E-state index is 0.259. The fourth-order valence-electron chi connectivity index (χ4n) is 4.75. The van der Waals surface area contributed by atoms with Gasteiger partial charge in [-0.3, -0.25) is 0 Å². The summed E-state index contributed by atoms with van der Waals surface area (Å²) in [7, 11) is 0. The monoisotopic (exact) mass is 194 g/mol. The first-order chi connectivity index (χ1) is 6.34. The first-order valence-corrected chi connectivity index (χ1v) is 6.07. The second kappa shape index (κ2) is 2.07. The van der Waals surface area contributed by atoms with E-state index in [1.165, 1.54) is 19.3 Å². The van der Waals surface area contributed by atoms with E-state index in [0.29, 0.717) is 28.6 Å². The van der Waals surface area contributed by atoms with E-state index in [1.54, 1.807) is 0 Å². The molecule has 0 radical (unpaired) electrons. The molecule has 1 heteroatoms. The Morgan fingerprint density at radius 2 is 1.36 bits per heavy atom. The van der Waals surface area contributed by atoms with Gasteiger partial charge in [-0.05, 0) is 41.4 Å². The fourth-order valence-corrected chi connectivity index (χ4v) is 4.75. The molecule has 1 N–H and O–H groups in total. The maximum atomic E-state index is 10.7. The largest absolute Gasteiger partial charge is 0.389 e. The van der Waals surface area contributed by atoms with Gasteiger partial charge in [-0.15, -0.1) is 0 Å². The number of fused-ring (bicyclic) bond motifs is 1. The van der Waals surface area contributed by atoms with Gasteiger partial charge >= 0.3 is 0 Å².